The van der Waals surface area contributed by atoms with Crippen molar-refractivity contribution in [2.24, 2.45) is 11.8 Å². The number of H-pyrrole nitrogens is 1. The van der Waals surface area contributed by atoms with E-state index < -0.39 is 0 Å². The van der Waals surface area contributed by atoms with Gasteiger partial charge in [0.05, 0.1) is 0 Å². The van der Waals surface area contributed by atoms with Gasteiger partial charge >= 0.3 is 0 Å². The van der Waals surface area contributed by atoms with Gasteiger partial charge in [0.25, 0.3) is 0 Å². The first-order valence-electron chi connectivity index (χ1n) is 8.93. The number of hydrogen-bond acceptors (Lipinski definition) is 5. The van der Waals surface area contributed by atoms with Crippen molar-refractivity contribution >= 4 is 17.8 Å². The molecule has 0 bridgehead atoms. The van der Waals surface area contributed by atoms with Gasteiger partial charge in [-0.3, -0.25) is 4.79 Å². The van der Waals surface area contributed by atoms with Crippen LogP contribution in [0.15, 0.2) is 0 Å². The molecule has 0 unspecified atom stereocenters. The summed E-state index contributed by atoms with van der Waals surface area (Å²) in [5, 5.41) is 9.87. The molecule has 7 nitrogen and oxygen atoms in total. The Morgan fingerprint density at radius 2 is 1.96 bits per heavy atom. The number of anilines is 2. The summed E-state index contributed by atoms with van der Waals surface area (Å²) in [6.07, 6.45) is 9.64. The third-order valence-corrected chi connectivity index (χ3v) is 5.22. The van der Waals surface area contributed by atoms with E-state index in [1.54, 1.807) is 0 Å². The Hall–Kier alpha value is -1.79. The molecule has 0 spiro atoms. The standard InChI is InChI=1S/C16H28N6O/c17-15-19-16(21-20-15)22-10-7-13(8-11-22)14(23)18-9-6-12-4-2-1-3-5-12/h12-13H,1-11H2,(H,18,23)(H3,17,19,20,21). The fourth-order valence-electron chi connectivity index (χ4n) is 3.77. The lowest BCUT2D eigenvalue weighted by Crippen LogP contribution is -2.41. The van der Waals surface area contributed by atoms with Crippen LogP contribution in [0, 0.1) is 11.8 Å². The minimum Gasteiger partial charge on any atom is -0.368 e. The number of nitrogen functional groups attached to an aromatic ring is 1. The van der Waals surface area contributed by atoms with Crippen LogP contribution >= 0.6 is 0 Å². The summed E-state index contributed by atoms with van der Waals surface area (Å²) >= 11 is 0. The maximum atomic E-state index is 12.3. The van der Waals surface area contributed by atoms with E-state index in [9.17, 15) is 4.79 Å². The molecule has 2 aliphatic rings. The molecule has 7 heteroatoms. The van der Waals surface area contributed by atoms with Crippen LogP contribution in [0.2, 0.25) is 0 Å². The molecule has 1 saturated carbocycles. The molecule has 1 aliphatic heterocycles. The average molecular weight is 320 g/mol. The molecule has 4 N–H and O–H groups in total. The number of carbonyl (C=O) groups excluding carboxylic acids is 1. The number of amides is 1. The fourth-order valence-corrected chi connectivity index (χ4v) is 3.77. The van der Waals surface area contributed by atoms with Crippen molar-refractivity contribution < 1.29 is 4.79 Å². The highest BCUT2D eigenvalue weighted by Gasteiger charge is 2.26. The van der Waals surface area contributed by atoms with Gasteiger partial charge < -0.3 is 16.0 Å². The van der Waals surface area contributed by atoms with E-state index in [-0.39, 0.29) is 11.8 Å². The SMILES string of the molecule is Nc1nc(N2CCC(C(=O)NCCC3CCCCC3)CC2)n[nH]1. The van der Waals surface area contributed by atoms with Crippen LogP contribution in [0.1, 0.15) is 51.4 Å². The predicted molar refractivity (Wildman–Crippen MR) is 89.9 cm³/mol. The number of aromatic nitrogens is 3. The predicted octanol–water partition coefficient (Wildman–Crippen LogP) is 1.69. The molecule has 23 heavy (non-hydrogen) atoms. The molecule has 0 aromatic carbocycles. The van der Waals surface area contributed by atoms with Gasteiger partial charge in [0.2, 0.25) is 17.8 Å². The van der Waals surface area contributed by atoms with E-state index in [1.807, 2.05) is 0 Å². The first-order chi connectivity index (χ1) is 11.2. The summed E-state index contributed by atoms with van der Waals surface area (Å²) in [6.45, 7) is 2.44. The van der Waals surface area contributed by atoms with Crippen LogP contribution < -0.4 is 16.0 Å². The van der Waals surface area contributed by atoms with Gasteiger partial charge in [-0.25, -0.2) is 5.10 Å². The van der Waals surface area contributed by atoms with Crippen LogP contribution in [-0.4, -0.2) is 40.7 Å². The smallest absolute Gasteiger partial charge is 0.246 e. The van der Waals surface area contributed by atoms with E-state index >= 15 is 0 Å². The second kappa shape index (κ2) is 7.66. The summed E-state index contributed by atoms with van der Waals surface area (Å²) in [4.78, 5) is 18.5. The molecule has 2 heterocycles. The Bertz CT molecular complexity index is 502. The number of piperidine rings is 1. The Morgan fingerprint density at radius 3 is 2.61 bits per heavy atom. The Balaban J connectivity index is 1.36. The van der Waals surface area contributed by atoms with Crippen molar-refractivity contribution in [2.75, 3.05) is 30.3 Å². The molecular formula is C16H28N6O. The molecule has 1 aromatic heterocycles. The van der Waals surface area contributed by atoms with Crippen molar-refractivity contribution in [1.29, 1.82) is 0 Å². The van der Waals surface area contributed by atoms with Crippen LogP contribution in [0.3, 0.4) is 0 Å². The van der Waals surface area contributed by atoms with Gasteiger partial charge in [0.1, 0.15) is 0 Å². The molecule has 3 rings (SSSR count). The van der Waals surface area contributed by atoms with E-state index in [0.717, 1.165) is 44.8 Å². The number of rotatable bonds is 5. The van der Waals surface area contributed by atoms with E-state index in [4.69, 9.17) is 5.73 Å². The van der Waals surface area contributed by atoms with Crippen LogP contribution in [0.4, 0.5) is 11.9 Å². The van der Waals surface area contributed by atoms with Crippen molar-refractivity contribution in [3.05, 3.63) is 0 Å². The zero-order valence-corrected chi connectivity index (χ0v) is 13.8. The molecule has 0 atom stereocenters. The summed E-state index contributed by atoms with van der Waals surface area (Å²) < 4.78 is 0. The maximum Gasteiger partial charge on any atom is 0.246 e. The second-order valence-corrected chi connectivity index (χ2v) is 6.87. The largest absolute Gasteiger partial charge is 0.368 e. The number of nitrogens with zero attached hydrogens (tertiary/aromatic N) is 3. The number of hydrogen-bond donors (Lipinski definition) is 3. The first-order valence-corrected chi connectivity index (χ1v) is 8.93. The van der Waals surface area contributed by atoms with E-state index in [0.29, 0.717) is 11.9 Å². The van der Waals surface area contributed by atoms with Gasteiger partial charge in [-0.1, -0.05) is 32.1 Å². The Kier molecular flexibility index (Phi) is 5.35. The first kappa shape index (κ1) is 16.1. The zero-order valence-electron chi connectivity index (χ0n) is 13.8. The third kappa shape index (κ3) is 4.36. The van der Waals surface area contributed by atoms with Crippen LogP contribution in [-0.2, 0) is 4.79 Å². The fraction of sp³-hybridized carbons (Fsp3) is 0.812. The number of aromatic amines is 1. The van der Waals surface area contributed by atoms with Gasteiger partial charge in [-0.05, 0) is 25.2 Å². The summed E-state index contributed by atoms with van der Waals surface area (Å²) in [5.74, 6) is 2.13. The lowest BCUT2D eigenvalue weighted by atomic mass is 9.87. The zero-order chi connectivity index (χ0) is 16.1. The highest BCUT2D eigenvalue weighted by atomic mass is 16.1. The highest BCUT2D eigenvalue weighted by Crippen LogP contribution is 2.26. The Morgan fingerprint density at radius 1 is 1.22 bits per heavy atom. The molecule has 0 radical (unpaired) electrons. The number of carbonyl (C=O) groups is 1. The van der Waals surface area contributed by atoms with E-state index in [2.05, 4.69) is 25.4 Å². The molecule has 2 fully saturated rings. The normalized spacial score (nSPS) is 20.6. The third-order valence-electron chi connectivity index (χ3n) is 5.22. The summed E-state index contributed by atoms with van der Waals surface area (Å²) in [7, 11) is 0. The lowest BCUT2D eigenvalue weighted by molar-refractivity contribution is -0.125. The van der Waals surface area contributed by atoms with Gasteiger partial charge in [-0.15, -0.1) is 5.10 Å². The number of nitrogens with one attached hydrogen (secondary N) is 2. The van der Waals surface area contributed by atoms with Crippen molar-refractivity contribution in [3.8, 4) is 0 Å². The summed E-state index contributed by atoms with van der Waals surface area (Å²) in [5.41, 5.74) is 5.56. The molecule has 1 aromatic rings. The minimum atomic E-state index is 0.119. The van der Waals surface area contributed by atoms with Crippen LogP contribution in [0.25, 0.3) is 0 Å². The maximum absolute atomic E-state index is 12.3. The lowest BCUT2D eigenvalue weighted by Gasteiger charge is -2.30. The second-order valence-electron chi connectivity index (χ2n) is 6.87. The molecule has 128 valence electrons. The van der Waals surface area contributed by atoms with Crippen molar-refractivity contribution in [2.45, 2.75) is 51.4 Å². The summed E-state index contributed by atoms with van der Waals surface area (Å²) in [6, 6.07) is 0. The monoisotopic (exact) mass is 320 g/mol. The molecular weight excluding hydrogens is 292 g/mol. The van der Waals surface area contributed by atoms with E-state index in [1.165, 1.54) is 32.1 Å². The Labute approximate surface area is 137 Å². The van der Waals surface area contributed by atoms with Gasteiger partial charge in [-0.2, -0.15) is 4.98 Å². The molecule has 1 aliphatic carbocycles. The van der Waals surface area contributed by atoms with Crippen LogP contribution in [0.5, 0.6) is 0 Å². The minimum absolute atomic E-state index is 0.119. The number of nitrogens with two attached hydrogens (primary N) is 1. The quantitative estimate of drug-likeness (QED) is 0.766. The van der Waals surface area contributed by atoms with Gasteiger partial charge in [0.15, 0.2) is 0 Å². The molecule has 1 saturated heterocycles. The average Bonchev–Trinajstić information content (AvgIpc) is 3.02. The topological polar surface area (TPSA) is 99.9 Å². The highest BCUT2D eigenvalue weighted by molar-refractivity contribution is 5.78. The van der Waals surface area contributed by atoms with Crippen molar-refractivity contribution in [3.63, 3.8) is 0 Å². The van der Waals surface area contributed by atoms with Crippen molar-refractivity contribution in [1.82, 2.24) is 20.5 Å². The van der Waals surface area contributed by atoms with Gasteiger partial charge in [0, 0.05) is 25.6 Å². The molecule has 1 amide bonds.